The van der Waals surface area contributed by atoms with E-state index in [-0.39, 0.29) is 12.3 Å². The van der Waals surface area contributed by atoms with Crippen molar-refractivity contribution in [3.63, 3.8) is 0 Å². The van der Waals surface area contributed by atoms with Gasteiger partial charge in [-0.1, -0.05) is 36.4 Å². The minimum atomic E-state index is -1.05. The standard InChI is InChI=1S/C29H36BN5O5/c1-28(2)29(3,4)40-30(39-28)24(14-10-13-21-11-6-5-7-12-21)35-27(37)23(20-38-25-15-8-9-16-33-25)34-26(36)22-19-31-17-18-32-22/h5-9,11-12,15-19,23-24H,10,13-14,20H2,1-4H3,(H,34,36)(H,35,37). The van der Waals surface area contributed by atoms with Gasteiger partial charge in [0.15, 0.2) is 0 Å². The molecule has 2 N–H and O–H groups in total. The first-order valence-electron chi connectivity index (χ1n) is 13.5. The van der Waals surface area contributed by atoms with Crippen LogP contribution in [0.1, 0.15) is 56.6 Å². The predicted octanol–water partition coefficient (Wildman–Crippen LogP) is 3.19. The normalized spacial score (nSPS) is 17.1. The van der Waals surface area contributed by atoms with Crippen LogP contribution in [0.15, 0.2) is 73.3 Å². The number of pyridine rings is 1. The van der Waals surface area contributed by atoms with Crippen molar-refractivity contribution in [3.05, 3.63) is 84.6 Å². The van der Waals surface area contributed by atoms with Crippen LogP contribution >= 0.6 is 0 Å². The first-order valence-corrected chi connectivity index (χ1v) is 13.5. The van der Waals surface area contributed by atoms with E-state index in [9.17, 15) is 9.59 Å². The highest BCUT2D eigenvalue weighted by Crippen LogP contribution is 2.38. The van der Waals surface area contributed by atoms with Gasteiger partial charge in [-0.05, 0) is 58.6 Å². The third kappa shape index (κ3) is 7.64. The zero-order valence-corrected chi connectivity index (χ0v) is 23.4. The number of hydrogen-bond donors (Lipinski definition) is 2. The molecule has 0 bridgehead atoms. The third-order valence-electron chi connectivity index (χ3n) is 7.20. The highest BCUT2D eigenvalue weighted by atomic mass is 16.7. The summed E-state index contributed by atoms with van der Waals surface area (Å²) in [7, 11) is -0.669. The van der Waals surface area contributed by atoms with Gasteiger partial charge in [0, 0.05) is 24.7 Å². The summed E-state index contributed by atoms with van der Waals surface area (Å²) in [5, 5.41) is 5.80. The fourth-order valence-electron chi connectivity index (χ4n) is 4.22. The third-order valence-corrected chi connectivity index (χ3v) is 7.20. The van der Waals surface area contributed by atoms with Crippen LogP contribution in [0.5, 0.6) is 5.88 Å². The Morgan fingerprint density at radius 2 is 1.65 bits per heavy atom. The van der Waals surface area contributed by atoms with Crippen molar-refractivity contribution in [2.45, 2.75) is 70.1 Å². The maximum atomic E-state index is 13.7. The molecule has 210 valence electrons. The van der Waals surface area contributed by atoms with Crippen LogP contribution in [0.2, 0.25) is 0 Å². The first-order chi connectivity index (χ1) is 19.1. The Morgan fingerprint density at radius 3 is 2.30 bits per heavy atom. The van der Waals surface area contributed by atoms with Crippen LogP contribution in [-0.4, -0.2) is 63.7 Å². The Hall–Kier alpha value is -3.83. The zero-order valence-electron chi connectivity index (χ0n) is 23.4. The van der Waals surface area contributed by atoms with Crippen molar-refractivity contribution in [2.75, 3.05) is 6.61 Å². The largest absolute Gasteiger partial charge is 0.481 e. The molecule has 2 aromatic heterocycles. The van der Waals surface area contributed by atoms with Crippen LogP contribution in [0.25, 0.3) is 0 Å². The lowest BCUT2D eigenvalue weighted by Crippen LogP contribution is -2.56. The Balaban J connectivity index is 1.50. The molecule has 3 heterocycles. The van der Waals surface area contributed by atoms with Crippen LogP contribution in [0.3, 0.4) is 0 Å². The first kappa shape index (κ1) is 29.2. The van der Waals surface area contributed by atoms with Gasteiger partial charge in [0.05, 0.1) is 23.3 Å². The number of aryl methyl sites for hydroxylation is 1. The summed E-state index contributed by atoms with van der Waals surface area (Å²) in [6.45, 7) is 7.75. The Morgan fingerprint density at radius 1 is 0.925 bits per heavy atom. The molecule has 1 saturated heterocycles. The van der Waals surface area contributed by atoms with Gasteiger partial charge in [-0.2, -0.15) is 0 Å². The molecule has 3 aromatic rings. The number of amides is 2. The molecule has 0 radical (unpaired) electrons. The van der Waals surface area contributed by atoms with Crippen molar-refractivity contribution in [2.24, 2.45) is 0 Å². The van der Waals surface area contributed by atoms with E-state index in [1.54, 1.807) is 24.4 Å². The predicted molar refractivity (Wildman–Crippen MR) is 150 cm³/mol. The number of hydrogen-bond acceptors (Lipinski definition) is 8. The van der Waals surface area contributed by atoms with Gasteiger partial charge >= 0.3 is 7.12 Å². The highest BCUT2D eigenvalue weighted by Gasteiger charge is 2.54. The molecule has 0 saturated carbocycles. The molecule has 0 aliphatic carbocycles. The van der Waals surface area contributed by atoms with Gasteiger partial charge < -0.3 is 24.7 Å². The van der Waals surface area contributed by atoms with Gasteiger partial charge in [0.25, 0.3) is 5.91 Å². The Kier molecular flexibility index (Phi) is 9.49. The molecule has 2 amide bonds. The lowest BCUT2D eigenvalue weighted by molar-refractivity contribution is -0.124. The van der Waals surface area contributed by atoms with Crippen molar-refractivity contribution < 1.29 is 23.6 Å². The van der Waals surface area contributed by atoms with E-state index in [1.807, 2.05) is 45.9 Å². The SMILES string of the molecule is CC1(C)OB(C(CCCc2ccccc2)NC(=O)C(COc2ccccn2)NC(=O)c2cnccn2)OC1(C)C. The minimum absolute atomic E-state index is 0.0866. The second-order valence-electron chi connectivity index (χ2n) is 10.7. The van der Waals surface area contributed by atoms with E-state index in [0.717, 1.165) is 12.8 Å². The van der Waals surface area contributed by atoms with E-state index in [0.29, 0.717) is 12.3 Å². The number of benzene rings is 1. The summed E-state index contributed by atoms with van der Waals surface area (Å²) in [5.41, 5.74) is 0.159. The fraction of sp³-hybridized carbons (Fsp3) is 0.414. The van der Waals surface area contributed by atoms with E-state index in [4.69, 9.17) is 14.0 Å². The van der Waals surface area contributed by atoms with Crippen LogP contribution in [0.4, 0.5) is 0 Å². The maximum absolute atomic E-state index is 13.7. The number of carbonyl (C=O) groups is 2. The molecule has 10 nitrogen and oxygen atoms in total. The van der Waals surface area contributed by atoms with Gasteiger partial charge in [-0.15, -0.1) is 0 Å². The average molecular weight is 545 g/mol. The van der Waals surface area contributed by atoms with Crippen molar-refractivity contribution in [3.8, 4) is 5.88 Å². The number of nitrogens with zero attached hydrogens (tertiary/aromatic N) is 3. The monoisotopic (exact) mass is 545 g/mol. The molecule has 1 aliphatic rings. The lowest BCUT2D eigenvalue weighted by atomic mass is 9.75. The Bertz CT molecular complexity index is 1230. The molecule has 1 aromatic carbocycles. The molecular weight excluding hydrogens is 509 g/mol. The lowest BCUT2D eigenvalue weighted by Gasteiger charge is -2.32. The molecule has 1 fully saturated rings. The van der Waals surface area contributed by atoms with Gasteiger partial charge in [-0.25, -0.2) is 9.97 Å². The average Bonchev–Trinajstić information content (AvgIpc) is 3.18. The molecule has 2 unspecified atom stereocenters. The quantitative estimate of drug-likeness (QED) is 0.333. The fourth-order valence-corrected chi connectivity index (χ4v) is 4.22. The minimum Gasteiger partial charge on any atom is -0.475 e. The molecule has 1 aliphatic heterocycles. The van der Waals surface area contributed by atoms with Crippen molar-refractivity contribution >= 4 is 18.9 Å². The van der Waals surface area contributed by atoms with E-state index < -0.39 is 42.1 Å². The number of nitrogens with one attached hydrogen (secondary N) is 2. The molecule has 2 atom stereocenters. The van der Waals surface area contributed by atoms with Crippen LogP contribution in [-0.2, 0) is 20.5 Å². The van der Waals surface area contributed by atoms with Gasteiger partial charge in [0.2, 0.25) is 11.8 Å². The molecule has 40 heavy (non-hydrogen) atoms. The second-order valence-corrected chi connectivity index (χ2v) is 10.7. The van der Waals surface area contributed by atoms with Crippen LogP contribution in [0, 0.1) is 0 Å². The van der Waals surface area contributed by atoms with Crippen molar-refractivity contribution in [1.29, 1.82) is 0 Å². The Labute approximate surface area is 235 Å². The summed E-state index contributed by atoms with van der Waals surface area (Å²) in [4.78, 5) is 38.7. The maximum Gasteiger partial charge on any atom is 0.481 e. The van der Waals surface area contributed by atoms with Crippen molar-refractivity contribution in [1.82, 2.24) is 25.6 Å². The molecule has 11 heteroatoms. The van der Waals surface area contributed by atoms with E-state index >= 15 is 0 Å². The van der Waals surface area contributed by atoms with E-state index in [1.165, 1.54) is 24.2 Å². The smallest absolute Gasteiger partial charge is 0.475 e. The summed E-state index contributed by atoms with van der Waals surface area (Å²) < 4.78 is 18.4. The topological polar surface area (TPSA) is 125 Å². The van der Waals surface area contributed by atoms with Gasteiger partial charge in [0.1, 0.15) is 18.3 Å². The number of rotatable bonds is 12. The van der Waals surface area contributed by atoms with E-state index in [2.05, 4.69) is 37.7 Å². The van der Waals surface area contributed by atoms with Crippen LogP contribution < -0.4 is 15.4 Å². The highest BCUT2D eigenvalue weighted by molar-refractivity contribution is 6.48. The summed E-state index contributed by atoms with van der Waals surface area (Å²) in [6, 6.07) is 14.3. The molecule has 0 spiro atoms. The van der Waals surface area contributed by atoms with Gasteiger partial charge in [-0.3, -0.25) is 14.6 Å². The number of aromatic nitrogens is 3. The summed E-state index contributed by atoms with van der Waals surface area (Å²) in [5.74, 6) is -1.12. The second kappa shape index (κ2) is 13.0. The summed E-state index contributed by atoms with van der Waals surface area (Å²) >= 11 is 0. The number of ether oxygens (including phenoxy) is 1. The zero-order chi connectivity index (χ0) is 28.6. The number of carbonyl (C=O) groups excluding carboxylic acids is 2. The molecule has 4 rings (SSSR count). The summed E-state index contributed by atoms with van der Waals surface area (Å²) in [6.07, 6.45) is 8.03. The molecular formula is C29H36BN5O5.